The number of ether oxygens (including phenoxy) is 2. The maximum Gasteiger partial charge on any atom is 0.323 e. The average molecular weight is 527 g/mol. The van der Waals surface area contributed by atoms with E-state index in [2.05, 4.69) is 10.6 Å². The van der Waals surface area contributed by atoms with Crippen LogP contribution in [0.1, 0.15) is 31.2 Å². The van der Waals surface area contributed by atoms with Gasteiger partial charge in [0.25, 0.3) is 0 Å². The third-order valence-corrected chi connectivity index (χ3v) is 6.43. The number of amides is 3. The largest absolute Gasteiger partial charge is 0.480 e. The second-order valence-corrected chi connectivity index (χ2v) is 9.13. The molecule has 202 valence electrons. The van der Waals surface area contributed by atoms with E-state index in [1.807, 2.05) is 30.3 Å². The first-order valence-electron chi connectivity index (χ1n) is 12.5. The van der Waals surface area contributed by atoms with Crippen molar-refractivity contribution in [2.45, 2.75) is 38.4 Å². The van der Waals surface area contributed by atoms with Gasteiger partial charge in [-0.05, 0) is 50.3 Å². The number of rotatable bonds is 12. The van der Waals surface area contributed by atoms with Crippen LogP contribution < -0.4 is 10.6 Å². The number of aliphatic carboxylic acids is 1. The van der Waals surface area contributed by atoms with Gasteiger partial charge in [0.1, 0.15) is 13.2 Å². The highest BCUT2D eigenvalue weighted by Crippen LogP contribution is 2.18. The molecule has 0 unspecified atom stereocenters. The minimum absolute atomic E-state index is 0. The van der Waals surface area contributed by atoms with Gasteiger partial charge in [-0.1, -0.05) is 30.3 Å². The number of hydrogen-bond donors (Lipinski definition) is 3. The van der Waals surface area contributed by atoms with Gasteiger partial charge in [-0.2, -0.15) is 0 Å². The molecule has 0 atom stereocenters. The van der Waals surface area contributed by atoms with Gasteiger partial charge in [-0.3, -0.25) is 9.59 Å². The summed E-state index contributed by atoms with van der Waals surface area (Å²) < 4.78 is 11.5. The molecule has 0 radical (unpaired) electrons. The number of carbonyl (C=O) groups is 3. The third-order valence-electron chi connectivity index (χ3n) is 6.43. The van der Waals surface area contributed by atoms with Crippen LogP contribution in [0.3, 0.4) is 0 Å². The van der Waals surface area contributed by atoms with Crippen LogP contribution in [0.2, 0.25) is 0 Å². The molecule has 0 saturated carbocycles. The van der Waals surface area contributed by atoms with Gasteiger partial charge in [0.2, 0.25) is 5.91 Å². The second-order valence-electron chi connectivity index (χ2n) is 9.13. The van der Waals surface area contributed by atoms with Gasteiger partial charge >= 0.3 is 12.0 Å². The van der Waals surface area contributed by atoms with Crippen LogP contribution in [-0.2, 0) is 25.7 Å². The van der Waals surface area contributed by atoms with Crippen LogP contribution in [0.15, 0.2) is 30.3 Å². The predicted octanol–water partition coefficient (Wildman–Crippen LogP) is 1.73. The first-order chi connectivity index (χ1) is 17.0. The molecule has 0 bridgehead atoms. The standard InChI is InChI=1S/C25H38N4O6.ClH/c30-23(19-34-17-20-4-2-1-3-5-20)29(16-24(31)32)15-12-27-25(33)28-13-8-22(9-14-28)35-18-21-6-10-26-11-7-21;/h1-5,21-22,26H,6-19H2,(H,27,33)(H,31,32);1H. The van der Waals surface area contributed by atoms with Crippen molar-refractivity contribution < 1.29 is 29.0 Å². The number of nitrogens with zero attached hydrogens (tertiary/aromatic N) is 2. The molecule has 0 aromatic heterocycles. The van der Waals surface area contributed by atoms with Crippen molar-refractivity contribution in [3.8, 4) is 0 Å². The highest BCUT2D eigenvalue weighted by atomic mass is 35.5. The molecule has 2 aliphatic heterocycles. The smallest absolute Gasteiger partial charge is 0.323 e. The molecule has 1 aromatic carbocycles. The first kappa shape index (κ1) is 29.8. The number of nitrogens with one attached hydrogen (secondary N) is 2. The Labute approximate surface area is 219 Å². The fourth-order valence-corrected chi connectivity index (χ4v) is 4.33. The molecule has 1 aromatic rings. The SMILES string of the molecule is Cl.O=C(O)CN(CCNC(=O)N1CCC(OCC2CCNCC2)CC1)C(=O)COCc1ccccc1. The fraction of sp³-hybridized carbons (Fsp3) is 0.640. The minimum atomic E-state index is -1.11. The monoisotopic (exact) mass is 526 g/mol. The Balaban J connectivity index is 0.00000456. The van der Waals surface area contributed by atoms with E-state index in [9.17, 15) is 14.4 Å². The van der Waals surface area contributed by atoms with Crippen molar-refractivity contribution in [2.24, 2.45) is 5.92 Å². The third kappa shape index (κ3) is 10.7. The molecule has 0 spiro atoms. The summed E-state index contributed by atoms with van der Waals surface area (Å²) in [7, 11) is 0. The van der Waals surface area contributed by atoms with Gasteiger partial charge in [-0.25, -0.2) is 4.79 Å². The summed E-state index contributed by atoms with van der Waals surface area (Å²) in [5.41, 5.74) is 0.929. The van der Waals surface area contributed by atoms with Gasteiger partial charge < -0.3 is 35.0 Å². The van der Waals surface area contributed by atoms with Crippen molar-refractivity contribution in [2.75, 3.05) is 59.0 Å². The van der Waals surface area contributed by atoms with Crippen LogP contribution in [0.4, 0.5) is 4.79 Å². The van der Waals surface area contributed by atoms with Crippen LogP contribution in [-0.4, -0.2) is 97.9 Å². The van der Waals surface area contributed by atoms with Crippen LogP contribution >= 0.6 is 12.4 Å². The number of piperidine rings is 2. The van der Waals surface area contributed by atoms with E-state index in [4.69, 9.17) is 14.6 Å². The predicted molar refractivity (Wildman–Crippen MR) is 137 cm³/mol. The Hall–Kier alpha value is -2.40. The van der Waals surface area contributed by atoms with E-state index >= 15 is 0 Å². The number of hydrogen-bond acceptors (Lipinski definition) is 6. The van der Waals surface area contributed by atoms with E-state index in [-0.39, 0.29) is 50.8 Å². The summed E-state index contributed by atoms with van der Waals surface area (Å²) in [4.78, 5) is 39.1. The lowest BCUT2D eigenvalue weighted by atomic mass is 9.99. The summed E-state index contributed by atoms with van der Waals surface area (Å²) in [5.74, 6) is -0.915. The molecule has 2 heterocycles. The first-order valence-corrected chi connectivity index (χ1v) is 12.5. The molecular formula is C25H39ClN4O6. The van der Waals surface area contributed by atoms with Crippen molar-refractivity contribution in [3.63, 3.8) is 0 Å². The van der Waals surface area contributed by atoms with E-state index in [1.54, 1.807) is 4.90 Å². The van der Waals surface area contributed by atoms with Gasteiger partial charge in [0.15, 0.2) is 0 Å². The molecular weight excluding hydrogens is 488 g/mol. The lowest BCUT2D eigenvalue weighted by molar-refractivity contribution is -0.146. The van der Waals surface area contributed by atoms with E-state index in [0.717, 1.165) is 50.9 Å². The highest BCUT2D eigenvalue weighted by molar-refractivity contribution is 5.85. The lowest BCUT2D eigenvalue weighted by Crippen LogP contribution is -2.48. The van der Waals surface area contributed by atoms with Gasteiger partial charge in [-0.15, -0.1) is 12.4 Å². The Kier molecular flexibility index (Phi) is 13.6. The number of urea groups is 1. The highest BCUT2D eigenvalue weighted by Gasteiger charge is 2.25. The minimum Gasteiger partial charge on any atom is -0.480 e. The number of carboxylic acid groups (broad SMARTS) is 1. The molecule has 3 N–H and O–H groups in total. The molecule has 2 fully saturated rings. The summed E-state index contributed by atoms with van der Waals surface area (Å²) in [6, 6.07) is 9.22. The summed E-state index contributed by atoms with van der Waals surface area (Å²) in [6.07, 6.45) is 4.11. The molecule has 0 aliphatic carbocycles. The molecule has 3 rings (SSSR count). The maximum atomic E-state index is 12.5. The van der Waals surface area contributed by atoms with Gasteiger partial charge in [0, 0.05) is 32.8 Å². The van der Waals surface area contributed by atoms with Crippen molar-refractivity contribution >= 4 is 30.3 Å². The fourth-order valence-electron chi connectivity index (χ4n) is 4.33. The van der Waals surface area contributed by atoms with Gasteiger partial charge in [0.05, 0.1) is 12.7 Å². The second kappa shape index (κ2) is 16.4. The van der Waals surface area contributed by atoms with Crippen molar-refractivity contribution in [3.05, 3.63) is 35.9 Å². The van der Waals surface area contributed by atoms with Crippen molar-refractivity contribution in [1.82, 2.24) is 20.4 Å². The average Bonchev–Trinajstić information content (AvgIpc) is 2.88. The quantitative estimate of drug-likeness (QED) is 0.379. The number of halogens is 1. The summed E-state index contributed by atoms with van der Waals surface area (Å²) in [6.45, 7) is 4.02. The molecule has 2 saturated heterocycles. The number of carboxylic acids is 1. The zero-order valence-electron chi connectivity index (χ0n) is 20.7. The topological polar surface area (TPSA) is 120 Å². The normalized spacial score (nSPS) is 16.7. The summed E-state index contributed by atoms with van der Waals surface area (Å²) in [5, 5.41) is 15.3. The number of benzene rings is 1. The Bertz CT molecular complexity index is 801. The Morgan fingerprint density at radius 2 is 1.78 bits per heavy atom. The molecule has 11 heteroatoms. The lowest BCUT2D eigenvalue weighted by Gasteiger charge is -2.33. The van der Waals surface area contributed by atoms with Crippen LogP contribution in [0, 0.1) is 5.92 Å². The molecule has 3 amide bonds. The van der Waals surface area contributed by atoms with E-state index < -0.39 is 18.4 Å². The van der Waals surface area contributed by atoms with Crippen LogP contribution in [0.25, 0.3) is 0 Å². The van der Waals surface area contributed by atoms with E-state index in [0.29, 0.717) is 19.0 Å². The van der Waals surface area contributed by atoms with Crippen LogP contribution in [0.5, 0.6) is 0 Å². The zero-order valence-corrected chi connectivity index (χ0v) is 21.5. The molecule has 10 nitrogen and oxygen atoms in total. The summed E-state index contributed by atoms with van der Waals surface area (Å²) >= 11 is 0. The number of carbonyl (C=O) groups excluding carboxylic acids is 2. The molecule has 36 heavy (non-hydrogen) atoms. The Morgan fingerprint density at radius 3 is 2.44 bits per heavy atom. The van der Waals surface area contributed by atoms with E-state index in [1.165, 1.54) is 4.90 Å². The van der Waals surface area contributed by atoms with Crippen molar-refractivity contribution in [1.29, 1.82) is 0 Å². The zero-order chi connectivity index (χ0) is 24.9. The Morgan fingerprint density at radius 1 is 1.08 bits per heavy atom. The maximum absolute atomic E-state index is 12.5. The number of likely N-dealkylation sites (tertiary alicyclic amines) is 1. The molecule has 2 aliphatic rings.